The van der Waals surface area contributed by atoms with Crippen molar-refractivity contribution in [2.45, 2.75) is 45.4 Å². The third-order valence-corrected chi connectivity index (χ3v) is 3.93. The summed E-state index contributed by atoms with van der Waals surface area (Å²) in [6, 6.07) is 1.82. The number of rotatable bonds is 3. The minimum atomic E-state index is -0.444. The van der Waals surface area contributed by atoms with Crippen molar-refractivity contribution in [2.75, 3.05) is 7.11 Å². The molecule has 2 N–H and O–H groups in total. The molecule has 6 heteroatoms. The molecular formula is C13H21BN2O3. The van der Waals surface area contributed by atoms with E-state index in [0.717, 1.165) is 11.0 Å². The second-order valence-corrected chi connectivity index (χ2v) is 5.72. The van der Waals surface area contributed by atoms with E-state index in [0.29, 0.717) is 12.4 Å². The van der Waals surface area contributed by atoms with Gasteiger partial charge < -0.3 is 19.8 Å². The Bertz CT molecular complexity index is 461. The Balaban J connectivity index is 2.38. The van der Waals surface area contributed by atoms with E-state index in [1.807, 2.05) is 33.8 Å². The first-order valence-electron chi connectivity index (χ1n) is 6.39. The zero-order valence-electron chi connectivity index (χ0n) is 12.2. The van der Waals surface area contributed by atoms with Crippen molar-refractivity contribution in [3.63, 3.8) is 0 Å². The lowest BCUT2D eigenvalue weighted by molar-refractivity contribution is 0.00578. The first-order chi connectivity index (χ1) is 8.80. The Hall–Kier alpha value is -1.11. The molecule has 0 spiro atoms. The van der Waals surface area contributed by atoms with Gasteiger partial charge in [0.1, 0.15) is 0 Å². The quantitative estimate of drug-likeness (QED) is 0.820. The molecule has 0 atom stereocenters. The zero-order valence-corrected chi connectivity index (χ0v) is 12.2. The van der Waals surface area contributed by atoms with Crippen LogP contribution in [0, 0.1) is 0 Å². The molecule has 0 aliphatic carbocycles. The van der Waals surface area contributed by atoms with E-state index in [-0.39, 0.29) is 11.2 Å². The Kier molecular flexibility index (Phi) is 3.60. The highest BCUT2D eigenvalue weighted by Crippen LogP contribution is 2.36. The third kappa shape index (κ3) is 2.48. The fourth-order valence-corrected chi connectivity index (χ4v) is 1.95. The summed E-state index contributed by atoms with van der Waals surface area (Å²) in [7, 11) is 1.14. The van der Waals surface area contributed by atoms with Gasteiger partial charge in [0.05, 0.1) is 18.3 Å². The molecule has 1 aliphatic rings. The van der Waals surface area contributed by atoms with E-state index in [4.69, 9.17) is 19.8 Å². The molecule has 1 fully saturated rings. The van der Waals surface area contributed by atoms with Gasteiger partial charge in [-0.2, -0.15) is 0 Å². The Morgan fingerprint density at radius 3 is 2.32 bits per heavy atom. The molecule has 0 saturated carbocycles. The maximum absolute atomic E-state index is 6.03. The van der Waals surface area contributed by atoms with E-state index in [2.05, 4.69) is 4.98 Å². The van der Waals surface area contributed by atoms with Gasteiger partial charge in [-0.25, -0.2) is 4.98 Å². The number of aromatic nitrogens is 1. The number of ether oxygens (including phenoxy) is 1. The van der Waals surface area contributed by atoms with Crippen LogP contribution in [0.25, 0.3) is 0 Å². The largest absolute Gasteiger partial charge is 0.495 e. The third-order valence-electron chi connectivity index (χ3n) is 3.93. The smallest absolute Gasteiger partial charge is 0.481 e. The van der Waals surface area contributed by atoms with E-state index in [1.54, 1.807) is 13.3 Å². The van der Waals surface area contributed by atoms with Crippen LogP contribution < -0.4 is 15.9 Å². The molecule has 0 bridgehead atoms. The molecule has 1 aromatic heterocycles. The minimum Gasteiger partial charge on any atom is -0.481 e. The van der Waals surface area contributed by atoms with Gasteiger partial charge in [0.15, 0.2) is 0 Å². The lowest BCUT2D eigenvalue weighted by atomic mass is 9.76. The number of nitrogens with zero attached hydrogens (tertiary/aromatic N) is 1. The van der Waals surface area contributed by atoms with Crippen LogP contribution in [-0.4, -0.2) is 30.4 Å². The van der Waals surface area contributed by atoms with Gasteiger partial charge in [-0.3, -0.25) is 0 Å². The highest BCUT2D eigenvalue weighted by Gasteiger charge is 2.52. The Morgan fingerprint density at radius 2 is 1.84 bits per heavy atom. The molecule has 1 saturated heterocycles. The molecule has 0 aromatic carbocycles. The standard InChI is InChI=1S/C13H21BN2O3/c1-12(2)13(3,4)19-14(18-12)10-6-11(17-5)16-8-9(10)7-15/h6,8H,7,15H2,1-5H3. The van der Waals surface area contributed by atoms with Gasteiger partial charge in [0, 0.05) is 18.8 Å². The second kappa shape index (κ2) is 4.78. The molecule has 1 aromatic rings. The molecule has 2 heterocycles. The average Bonchev–Trinajstić information content (AvgIpc) is 2.57. The van der Waals surface area contributed by atoms with Crippen molar-refractivity contribution in [1.82, 2.24) is 4.98 Å². The molecular weight excluding hydrogens is 243 g/mol. The summed E-state index contributed by atoms with van der Waals surface area (Å²) >= 11 is 0. The van der Waals surface area contributed by atoms with E-state index < -0.39 is 7.12 Å². The predicted molar refractivity (Wildman–Crippen MR) is 74.4 cm³/mol. The number of pyridine rings is 1. The van der Waals surface area contributed by atoms with Crippen molar-refractivity contribution in [3.05, 3.63) is 17.8 Å². The number of hydrogen-bond acceptors (Lipinski definition) is 5. The first kappa shape index (κ1) is 14.3. The molecule has 2 rings (SSSR count). The van der Waals surface area contributed by atoms with Gasteiger partial charge >= 0.3 is 7.12 Å². The summed E-state index contributed by atoms with van der Waals surface area (Å²) in [5.74, 6) is 0.530. The van der Waals surface area contributed by atoms with Crippen LogP contribution in [-0.2, 0) is 15.9 Å². The molecule has 0 amide bonds. The summed E-state index contributed by atoms with van der Waals surface area (Å²) in [6.07, 6.45) is 1.71. The Morgan fingerprint density at radius 1 is 1.26 bits per heavy atom. The van der Waals surface area contributed by atoms with Gasteiger partial charge in [0.2, 0.25) is 5.88 Å². The van der Waals surface area contributed by atoms with E-state index in [1.165, 1.54) is 0 Å². The molecule has 5 nitrogen and oxygen atoms in total. The second-order valence-electron chi connectivity index (χ2n) is 5.72. The van der Waals surface area contributed by atoms with Crippen molar-refractivity contribution < 1.29 is 14.0 Å². The highest BCUT2D eigenvalue weighted by molar-refractivity contribution is 6.62. The molecule has 0 radical (unpaired) electrons. The van der Waals surface area contributed by atoms with Crippen LogP contribution >= 0.6 is 0 Å². The molecule has 1 aliphatic heterocycles. The lowest BCUT2D eigenvalue weighted by Gasteiger charge is -2.32. The van der Waals surface area contributed by atoms with Crippen LogP contribution in [0.3, 0.4) is 0 Å². The summed E-state index contributed by atoms with van der Waals surface area (Å²) in [5, 5.41) is 0. The zero-order chi connectivity index (χ0) is 14.3. The van der Waals surface area contributed by atoms with Gasteiger partial charge in [-0.15, -0.1) is 0 Å². The number of hydrogen-bond donors (Lipinski definition) is 1. The summed E-state index contributed by atoms with van der Waals surface area (Å²) in [4.78, 5) is 4.16. The SMILES string of the molecule is COc1cc(B2OC(C)(C)C(C)(C)O2)c(CN)cn1. The maximum Gasteiger partial charge on any atom is 0.495 e. The van der Waals surface area contributed by atoms with E-state index in [9.17, 15) is 0 Å². The monoisotopic (exact) mass is 264 g/mol. The van der Waals surface area contributed by atoms with Crippen LogP contribution in [0.5, 0.6) is 5.88 Å². The van der Waals surface area contributed by atoms with Crippen LogP contribution in [0.1, 0.15) is 33.3 Å². The van der Waals surface area contributed by atoms with E-state index >= 15 is 0 Å². The average molecular weight is 264 g/mol. The molecule has 0 unspecified atom stereocenters. The summed E-state index contributed by atoms with van der Waals surface area (Å²) in [6.45, 7) is 8.47. The van der Waals surface area contributed by atoms with Crippen molar-refractivity contribution in [2.24, 2.45) is 5.73 Å². The van der Waals surface area contributed by atoms with Gasteiger partial charge in [-0.1, -0.05) is 0 Å². The number of nitrogens with two attached hydrogens (primary N) is 1. The molecule has 19 heavy (non-hydrogen) atoms. The summed E-state index contributed by atoms with van der Waals surface area (Å²) < 4.78 is 17.2. The fraction of sp³-hybridized carbons (Fsp3) is 0.615. The lowest BCUT2D eigenvalue weighted by Crippen LogP contribution is -2.41. The van der Waals surface area contributed by atoms with Crippen LogP contribution in [0.4, 0.5) is 0 Å². The Labute approximate surface area is 114 Å². The van der Waals surface area contributed by atoms with Crippen molar-refractivity contribution in [3.8, 4) is 5.88 Å². The molecule has 104 valence electrons. The topological polar surface area (TPSA) is 66.6 Å². The first-order valence-corrected chi connectivity index (χ1v) is 6.39. The van der Waals surface area contributed by atoms with Crippen LogP contribution in [0.15, 0.2) is 12.3 Å². The normalized spacial score (nSPS) is 20.6. The van der Waals surface area contributed by atoms with Gasteiger partial charge in [0.25, 0.3) is 0 Å². The van der Waals surface area contributed by atoms with Gasteiger partial charge in [-0.05, 0) is 38.7 Å². The number of methoxy groups -OCH3 is 1. The predicted octanol–water partition coefficient (Wildman–Crippen LogP) is 0.848. The summed E-state index contributed by atoms with van der Waals surface area (Å²) in [5.41, 5.74) is 6.79. The van der Waals surface area contributed by atoms with Crippen molar-refractivity contribution in [1.29, 1.82) is 0 Å². The van der Waals surface area contributed by atoms with Crippen LogP contribution in [0.2, 0.25) is 0 Å². The highest BCUT2D eigenvalue weighted by atomic mass is 16.7. The van der Waals surface area contributed by atoms with Crippen molar-refractivity contribution >= 4 is 12.6 Å². The minimum absolute atomic E-state index is 0.375. The fourth-order valence-electron chi connectivity index (χ4n) is 1.95. The maximum atomic E-state index is 6.03.